The third-order valence-electron chi connectivity index (χ3n) is 3.44. The van der Waals surface area contributed by atoms with Crippen LogP contribution in [0.3, 0.4) is 0 Å². The summed E-state index contributed by atoms with van der Waals surface area (Å²) in [7, 11) is 0. The van der Waals surface area contributed by atoms with Gasteiger partial charge in [-0.3, -0.25) is 4.79 Å². The number of benzene rings is 1. The Hall–Kier alpha value is -1.72. The number of nitrogens with two attached hydrogens (primary N) is 1. The normalized spacial score (nSPS) is 17.1. The molecule has 19 heavy (non-hydrogen) atoms. The molecule has 0 unspecified atom stereocenters. The first-order valence-corrected chi connectivity index (χ1v) is 5.97. The monoisotopic (exact) mass is 272 g/mol. The number of para-hydroxylation sites is 1. The first-order valence-electron chi connectivity index (χ1n) is 5.97. The molecule has 0 aliphatic heterocycles. The van der Waals surface area contributed by atoms with E-state index in [1.165, 1.54) is 12.1 Å². The van der Waals surface area contributed by atoms with Gasteiger partial charge in [0.1, 0.15) is 0 Å². The van der Waals surface area contributed by atoms with Crippen molar-refractivity contribution in [2.45, 2.75) is 25.9 Å². The summed E-state index contributed by atoms with van der Waals surface area (Å²) >= 11 is 0. The van der Waals surface area contributed by atoms with Crippen molar-refractivity contribution in [3.63, 3.8) is 0 Å². The Morgan fingerprint density at radius 1 is 1.42 bits per heavy atom. The minimum absolute atomic E-state index is 0.0893. The van der Waals surface area contributed by atoms with Gasteiger partial charge in [0.05, 0.1) is 16.8 Å². The van der Waals surface area contributed by atoms with Crippen LogP contribution in [0, 0.1) is 5.41 Å². The van der Waals surface area contributed by atoms with Crippen LogP contribution in [0.5, 0.6) is 0 Å². The van der Waals surface area contributed by atoms with E-state index in [0.717, 1.165) is 18.9 Å². The standard InChI is InChI=1S/C13H15F3N2O/c1-12(5-6-12)7-18-11(19)8-3-2-4-9(10(8)17)13(14,15)16/h2-4H,5-7,17H2,1H3,(H,18,19). The average molecular weight is 272 g/mol. The maximum Gasteiger partial charge on any atom is 0.418 e. The number of hydrogen-bond donors (Lipinski definition) is 2. The summed E-state index contributed by atoms with van der Waals surface area (Å²) in [6.07, 6.45) is -2.51. The molecule has 1 fully saturated rings. The van der Waals surface area contributed by atoms with E-state index in [0.29, 0.717) is 6.54 Å². The first-order chi connectivity index (χ1) is 8.73. The number of rotatable bonds is 3. The van der Waals surface area contributed by atoms with Gasteiger partial charge >= 0.3 is 6.18 Å². The number of halogens is 3. The van der Waals surface area contributed by atoms with Gasteiger partial charge in [0.25, 0.3) is 5.91 Å². The zero-order valence-electron chi connectivity index (χ0n) is 10.5. The Kier molecular flexibility index (Phi) is 3.20. The molecule has 0 atom stereocenters. The maximum atomic E-state index is 12.7. The molecule has 2 rings (SSSR count). The minimum atomic E-state index is -4.55. The van der Waals surface area contributed by atoms with Crippen LogP contribution in [-0.4, -0.2) is 12.5 Å². The van der Waals surface area contributed by atoms with Gasteiger partial charge in [0, 0.05) is 6.54 Å². The van der Waals surface area contributed by atoms with E-state index in [9.17, 15) is 18.0 Å². The molecular formula is C13H15F3N2O. The summed E-state index contributed by atoms with van der Waals surface area (Å²) in [5.41, 5.74) is 3.91. The highest BCUT2D eigenvalue weighted by atomic mass is 19.4. The van der Waals surface area contributed by atoms with Gasteiger partial charge < -0.3 is 11.1 Å². The van der Waals surface area contributed by atoms with E-state index in [1.54, 1.807) is 0 Å². The molecule has 1 aliphatic carbocycles. The van der Waals surface area contributed by atoms with Crippen molar-refractivity contribution >= 4 is 11.6 Å². The van der Waals surface area contributed by atoms with E-state index in [-0.39, 0.29) is 11.0 Å². The van der Waals surface area contributed by atoms with E-state index in [4.69, 9.17) is 5.73 Å². The molecule has 104 valence electrons. The van der Waals surface area contributed by atoms with Gasteiger partial charge in [-0.25, -0.2) is 0 Å². The van der Waals surface area contributed by atoms with Crippen molar-refractivity contribution in [1.82, 2.24) is 5.32 Å². The second-order valence-electron chi connectivity index (χ2n) is 5.26. The predicted octanol–water partition coefficient (Wildman–Crippen LogP) is 2.82. The molecule has 1 amide bonds. The molecule has 1 aromatic carbocycles. The molecule has 0 bridgehead atoms. The Labute approximate surface area is 109 Å². The molecule has 0 heterocycles. The third kappa shape index (κ3) is 3.00. The van der Waals surface area contributed by atoms with Crippen molar-refractivity contribution in [2.24, 2.45) is 5.41 Å². The molecular weight excluding hydrogens is 257 g/mol. The van der Waals surface area contributed by atoms with Gasteiger partial charge in [-0.15, -0.1) is 0 Å². The topological polar surface area (TPSA) is 55.1 Å². The summed E-state index contributed by atoms with van der Waals surface area (Å²) in [5, 5.41) is 2.63. The lowest BCUT2D eigenvalue weighted by atomic mass is 10.1. The van der Waals surface area contributed by atoms with Crippen LogP contribution in [0.1, 0.15) is 35.7 Å². The third-order valence-corrected chi connectivity index (χ3v) is 3.44. The highest BCUT2D eigenvalue weighted by Crippen LogP contribution is 2.44. The fraction of sp³-hybridized carbons (Fsp3) is 0.462. The number of nitrogens with one attached hydrogen (secondary N) is 1. The number of hydrogen-bond acceptors (Lipinski definition) is 2. The number of anilines is 1. The van der Waals surface area contributed by atoms with E-state index >= 15 is 0 Å². The molecule has 6 heteroatoms. The lowest BCUT2D eigenvalue weighted by Crippen LogP contribution is -2.30. The summed E-state index contributed by atoms with van der Waals surface area (Å²) in [6, 6.07) is 3.36. The largest absolute Gasteiger partial charge is 0.418 e. The number of amides is 1. The zero-order valence-corrected chi connectivity index (χ0v) is 10.5. The second-order valence-corrected chi connectivity index (χ2v) is 5.26. The molecule has 1 aliphatic rings. The molecule has 0 saturated heterocycles. The second kappa shape index (κ2) is 4.43. The van der Waals surface area contributed by atoms with E-state index in [2.05, 4.69) is 5.32 Å². The smallest absolute Gasteiger partial charge is 0.398 e. The Morgan fingerprint density at radius 3 is 2.58 bits per heavy atom. The van der Waals surface area contributed by atoms with Crippen molar-refractivity contribution in [1.29, 1.82) is 0 Å². The van der Waals surface area contributed by atoms with Crippen LogP contribution in [-0.2, 0) is 6.18 Å². The Morgan fingerprint density at radius 2 is 2.05 bits per heavy atom. The highest BCUT2D eigenvalue weighted by Gasteiger charge is 2.38. The van der Waals surface area contributed by atoms with Crippen molar-refractivity contribution < 1.29 is 18.0 Å². The lowest BCUT2D eigenvalue weighted by molar-refractivity contribution is -0.136. The molecule has 0 radical (unpaired) electrons. The number of nitrogen functional groups attached to an aromatic ring is 1. The van der Waals surface area contributed by atoms with Gasteiger partial charge in [0.15, 0.2) is 0 Å². The fourth-order valence-electron chi connectivity index (χ4n) is 1.79. The molecule has 3 nitrogen and oxygen atoms in total. The lowest BCUT2D eigenvalue weighted by Gasteiger charge is -2.14. The minimum Gasteiger partial charge on any atom is -0.398 e. The van der Waals surface area contributed by atoms with Crippen LogP contribution < -0.4 is 11.1 Å². The van der Waals surface area contributed by atoms with Gasteiger partial charge in [-0.1, -0.05) is 13.0 Å². The number of carbonyl (C=O) groups is 1. The van der Waals surface area contributed by atoms with Crippen LogP contribution in [0.25, 0.3) is 0 Å². The Balaban J connectivity index is 2.17. The summed E-state index contributed by atoms with van der Waals surface area (Å²) in [5.74, 6) is -0.559. The molecule has 0 aromatic heterocycles. The Bertz CT molecular complexity index is 507. The summed E-state index contributed by atoms with van der Waals surface area (Å²) in [6.45, 7) is 2.48. The molecule has 3 N–H and O–H groups in total. The van der Waals surface area contributed by atoms with Gasteiger partial charge in [-0.2, -0.15) is 13.2 Å². The quantitative estimate of drug-likeness (QED) is 0.831. The average Bonchev–Trinajstić information content (AvgIpc) is 3.04. The molecule has 1 saturated carbocycles. The first kappa shape index (κ1) is 13.7. The fourth-order valence-corrected chi connectivity index (χ4v) is 1.79. The number of carbonyl (C=O) groups excluding carboxylic acids is 1. The summed E-state index contributed by atoms with van der Waals surface area (Å²) < 4.78 is 38.0. The van der Waals surface area contributed by atoms with Gasteiger partial charge in [-0.05, 0) is 30.4 Å². The van der Waals surface area contributed by atoms with Crippen molar-refractivity contribution in [3.05, 3.63) is 29.3 Å². The highest BCUT2D eigenvalue weighted by molar-refractivity contribution is 5.99. The number of alkyl halides is 3. The van der Waals surface area contributed by atoms with Crippen LogP contribution in [0.4, 0.5) is 18.9 Å². The van der Waals surface area contributed by atoms with Crippen LogP contribution in [0.15, 0.2) is 18.2 Å². The zero-order chi connectivity index (χ0) is 14.3. The van der Waals surface area contributed by atoms with Crippen LogP contribution >= 0.6 is 0 Å². The predicted molar refractivity (Wildman–Crippen MR) is 65.5 cm³/mol. The maximum absolute atomic E-state index is 12.7. The summed E-state index contributed by atoms with van der Waals surface area (Å²) in [4.78, 5) is 11.9. The van der Waals surface area contributed by atoms with Crippen LogP contribution in [0.2, 0.25) is 0 Å². The van der Waals surface area contributed by atoms with Crippen molar-refractivity contribution in [3.8, 4) is 0 Å². The van der Waals surface area contributed by atoms with Crippen molar-refractivity contribution in [2.75, 3.05) is 12.3 Å². The SMILES string of the molecule is CC1(CNC(=O)c2cccc(C(F)(F)F)c2N)CC1. The van der Waals surface area contributed by atoms with E-state index < -0.39 is 23.3 Å². The molecule has 1 aromatic rings. The molecule has 0 spiro atoms. The van der Waals surface area contributed by atoms with E-state index in [1.807, 2.05) is 6.92 Å². The van der Waals surface area contributed by atoms with Gasteiger partial charge in [0.2, 0.25) is 0 Å².